The molecule has 0 aliphatic rings. The number of halogens is 1. The van der Waals surface area contributed by atoms with Crippen LogP contribution in [0.2, 0.25) is 0 Å². The first kappa shape index (κ1) is 17.0. The standard InChI is InChI=1S/C13H15BrN2O5/c1-16(4-3-11(17)21-2)13(20)15-10-6-8(12(18)19)5-9(14)7-10/h5-7H,3-4H2,1-2H3,(H,15,20)(H,18,19). The number of nitrogens with zero attached hydrogens (tertiary/aromatic N) is 1. The molecule has 7 nitrogen and oxygen atoms in total. The number of benzene rings is 1. The van der Waals surface area contributed by atoms with Crippen LogP contribution < -0.4 is 5.32 Å². The summed E-state index contributed by atoms with van der Waals surface area (Å²) in [5, 5.41) is 11.5. The summed E-state index contributed by atoms with van der Waals surface area (Å²) >= 11 is 3.18. The molecule has 2 amide bonds. The Morgan fingerprint density at radius 2 is 2.00 bits per heavy atom. The fourth-order valence-electron chi connectivity index (χ4n) is 1.47. The third-order valence-corrected chi connectivity index (χ3v) is 3.08. The monoisotopic (exact) mass is 358 g/mol. The molecule has 21 heavy (non-hydrogen) atoms. The zero-order valence-corrected chi connectivity index (χ0v) is 13.1. The van der Waals surface area contributed by atoms with Gasteiger partial charge in [0, 0.05) is 23.8 Å². The van der Waals surface area contributed by atoms with Crippen molar-refractivity contribution in [1.29, 1.82) is 0 Å². The fraction of sp³-hybridized carbons (Fsp3) is 0.308. The van der Waals surface area contributed by atoms with Crippen molar-refractivity contribution in [2.75, 3.05) is 26.0 Å². The Morgan fingerprint density at radius 3 is 2.57 bits per heavy atom. The molecule has 1 aromatic carbocycles. The van der Waals surface area contributed by atoms with E-state index in [1.54, 1.807) is 6.07 Å². The molecule has 0 radical (unpaired) electrons. The van der Waals surface area contributed by atoms with Crippen molar-refractivity contribution < 1.29 is 24.2 Å². The molecule has 0 aliphatic carbocycles. The Bertz CT molecular complexity index is 561. The van der Waals surface area contributed by atoms with E-state index in [2.05, 4.69) is 26.0 Å². The van der Waals surface area contributed by atoms with E-state index in [-0.39, 0.29) is 18.5 Å². The van der Waals surface area contributed by atoms with Crippen LogP contribution >= 0.6 is 15.9 Å². The number of carbonyl (C=O) groups is 3. The molecule has 0 saturated carbocycles. The number of ether oxygens (including phenoxy) is 1. The van der Waals surface area contributed by atoms with Crippen molar-refractivity contribution in [1.82, 2.24) is 4.90 Å². The third kappa shape index (κ3) is 5.42. The van der Waals surface area contributed by atoms with Gasteiger partial charge in [0.1, 0.15) is 0 Å². The van der Waals surface area contributed by atoms with E-state index < -0.39 is 18.0 Å². The van der Waals surface area contributed by atoms with Crippen molar-refractivity contribution in [2.45, 2.75) is 6.42 Å². The number of carboxylic acid groups (broad SMARTS) is 1. The Kier molecular flexibility index (Phi) is 6.16. The first-order chi connectivity index (χ1) is 9.83. The molecule has 1 rings (SSSR count). The van der Waals surface area contributed by atoms with Crippen LogP contribution in [-0.2, 0) is 9.53 Å². The van der Waals surface area contributed by atoms with E-state index in [4.69, 9.17) is 5.11 Å². The van der Waals surface area contributed by atoms with Gasteiger partial charge in [0.2, 0.25) is 0 Å². The average Bonchev–Trinajstić information content (AvgIpc) is 2.43. The van der Waals surface area contributed by atoms with Crippen LogP contribution in [0.1, 0.15) is 16.8 Å². The lowest BCUT2D eigenvalue weighted by atomic mass is 10.2. The van der Waals surface area contributed by atoms with E-state index in [1.165, 1.54) is 31.2 Å². The number of anilines is 1. The minimum atomic E-state index is -1.09. The Balaban J connectivity index is 2.70. The second kappa shape index (κ2) is 7.63. The SMILES string of the molecule is COC(=O)CCN(C)C(=O)Nc1cc(Br)cc(C(=O)O)c1. The number of urea groups is 1. The van der Waals surface area contributed by atoms with Gasteiger partial charge >= 0.3 is 18.0 Å². The molecule has 0 atom stereocenters. The Morgan fingerprint density at radius 1 is 1.33 bits per heavy atom. The summed E-state index contributed by atoms with van der Waals surface area (Å²) in [5.74, 6) is -1.50. The average molecular weight is 359 g/mol. The third-order valence-electron chi connectivity index (χ3n) is 2.62. The number of esters is 1. The van der Waals surface area contributed by atoms with Crippen LogP contribution in [0.3, 0.4) is 0 Å². The Hall–Kier alpha value is -2.09. The predicted molar refractivity (Wildman–Crippen MR) is 79.4 cm³/mol. The van der Waals surface area contributed by atoms with Gasteiger partial charge in [-0.2, -0.15) is 0 Å². The minimum absolute atomic E-state index is 0.0527. The first-order valence-corrected chi connectivity index (χ1v) is 6.75. The van der Waals surface area contributed by atoms with E-state index >= 15 is 0 Å². The van der Waals surface area contributed by atoms with Crippen LogP contribution in [-0.4, -0.2) is 48.7 Å². The van der Waals surface area contributed by atoms with Crippen LogP contribution in [0.25, 0.3) is 0 Å². The lowest BCUT2D eigenvalue weighted by Gasteiger charge is -2.17. The van der Waals surface area contributed by atoms with Gasteiger partial charge in [-0.15, -0.1) is 0 Å². The quantitative estimate of drug-likeness (QED) is 0.786. The number of carbonyl (C=O) groups excluding carboxylic acids is 2. The van der Waals surface area contributed by atoms with Gasteiger partial charge in [0.25, 0.3) is 0 Å². The summed E-state index contributed by atoms with van der Waals surface area (Å²) in [7, 11) is 2.80. The summed E-state index contributed by atoms with van der Waals surface area (Å²) in [6.07, 6.45) is 0.0826. The molecule has 0 aromatic heterocycles. The molecular formula is C13H15BrN2O5. The molecule has 2 N–H and O–H groups in total. The molecule has 0 unspecified atom stereocenters. The maximum atomic E-state index is 11.9. The van der Waals surface area contributed by atoms with Gasteiger partial charge in [0.05, 0.1) is 19.1 Å². The number of hydrogen-bond donors (Lipinski definition) is 2. The van der Waals surface area contributed by atoms with E-state index in [9.17, 15) is 14.4 Å². The molecular weight excluding hydrogens is 344 g/mol. The minimum Gasteiger partial charge on any atom is -0.478 e. The summed E-state index contributed by atoms with van der Waals surface area (Å²) in [4.78, 5) is 35.2. The van der Waals surface area contributed by atoms with Crippen molar-refractivity contribution in [3.63, 3.8) is 0 Å². The first-order valence-electron chi connectivity index (χ1n) is 5.96. The second-order valence-corrected chi connectivity index (χ2v) is 5.13. The second-order valence-electron chi connectivity index (χ2n) is 4.21. The van der Waals surface area contributed by atoms with Crippen LogP contribution in [0.5, 0.6) is 0 Å². The summed E-state index contributed by atoms with van der Waals surface area (Å²) in [6, 6.07) is 3.91. The van der Waals surface area contributed by atoms with Crippen LogP contribution in [0.4, 0.5) is 10.5 Å². The molecule has 0 aliphatic heterocycles. The number of rotatable bonds is 5. The van der Waals surface area contributed by atoms with Crippen molar-refractivity contribution in [3.8, 4) is 0 Å². The lowest BCUT2D eigenvalue weighted by Crippen LogP contribution is -2.33. The number of aromatic carboxylic acids is 1. The van der Waals surface area contributed by atoms with E-state index in [0.717, 1.165) is 0 Å². The van der Waals surface area contributed by atoms with Gasteiger partial charge < -0.3 is 20.1 Å². The largest absolute Gasteiger partial charge is 0.478 e. The maximum absolute atomic E-state index is 11.9. The van der Waals surface area contributed by atoms with Gasteiger partial charge in [-0.1, -0.05) is 15.9 Å². The van der Waals surface area contributed by atoms with E-state index in [1.807, 2.05) is 0 Å². The molecule has 0 saturated heterocycles. The van der Waals surface area contributed by atoms with Crippen molar-refractivity contribution in [3.05, 3.63) is 28.2 Å². The summed E-state index contributed by atoms with van der Waals surface area (Å²) < 4.78 is 5.02. The predicted octanol–water partition coefficient (Wildman–Crippen LogP) is 2.17. The lowest BCUT2D eigenvalue weighted by molar-refractivity contribution is -0.140. The van der Waals surface area contributed by atoms with Gasteiger partial charge in [0.15, 0.2) is 0 Å². The van der Waals surface area contributed by atoms with Gasteiger partial charge in [-0.05, 0) is 18.2 Å². The molecule has 114 valence electrons. The topological polar surface area (TPSA) is 95.9 Å². The summed E-state index contributed by atoms with van der Waals surface area (Å²) in [5.41, 5.74) is 0.397. The molecule has 0 heterocycles. The van der Waals surface area contributed by atoms with Crippen molar-refractivity contribution in [2.24, 2.45) is 0 Å². The molecule has 0 fully saturated rings. The van der Waals surface area contributed by atoms with Crippen LogP contribution in [0, 0.1) is 0 Å². The number of amides is 2. The summed E-state index contributed by atoms with van der Waals surface area (Å²) in [6.45, 7) is 0.193. The van der Waals surface area contributed by atoms with Crippen LogP contribution in [0.15, 0.2) is 22.7 Å². The van der Waals surface area contributed by atoms with Crippen molar-refractivity contribution >= 4 is 39.6 Å². The molecule has 8 heteroatoms. The Labute approximate surface area is 130 Å². The fourth-order valence-corrected chi connectivity index (χ4v) is 1.96. The maximum Gasteiger partial charge on any atom is 0.335 e. The highest BCUT2D eigenvalue weighted by molar-refractivity contribution is 9.10. The zero-order valence-electron chi connectivity index (χ0n) is 11.6. The van der Waals surface area contributed by atoms with E-state index in [0.29, 0.717) is 10.2 Å². The normalized spacial score (nSPS) is 9.86. The number of carboxylic acids is 1. The molecule has 0 spiro atoms. The highest BCUT2D eigenvalue weighted by atomic mass is 79.9. The number of methoxy groups -OCH3 is 1. The highest BCUT2D eigenvalue weighted by Gasteiger charge is 2.13. The smallest absolute Gasteiger partial charge is 0.335 e. The number of hydrogen-bond acceptors (Lipinski definition) is 4. The molecule has 0 bridgehead atoms. The number of nitrogens with one attached hydrogen (secondary N) is 1. The highest BCUT2D eigenvalue weighted by Crippen LogP contribution is 2.20. The zero-order chi connectivity index (χ0) is 16.0. The van der Waals surface area contributed by atoms with Gasteiger partial charge in [-0.3, -0.25) is 4.79 Å². The van der Waals surface area contributed by atoms with Gasteiger partial charge in [-0.25, -0.2) is 9.59 Å². The molecule has 1 aromatic rings.